The van der Waals surface area contributed by atoms with Crippen LogP contribution in [-0.4, -0.2) is 55.1 Å². The van der Waals surface area contributed by atoms with Crippen molar-refractivity contribution < 1.29 is 4.79 Å². The van der Waals surface area contributed by atoms with Crippen molar-refractivity contribution >= 4 is 32.9 Å². The molecule has 0 N–H and O–H groups in total. The number of fused-ring (bicyclic) bond motifs is 1. The summed E-state index contributed by atoms with van der Waals surface area (Å²) in [5.41, 5.74) is 6.65. The fourth-order valence-electron chi connectivity index (χ4n) is 4.68. The highest BCUT2D eigenvalue weighted by Crippen LogP contribution is 2.29. The van der Waals surface area contributed by atoms with E-state index in [4.69, 9.17) is 0 Å². The number of carbonyl (C=O) groups excluding carboxylic acids is 1. The van der Waals surface area contributed by atoms with Crippen LogP contribution < -0.4 is 10.2 Å². The maximum atomic E-state index is 13.1. The SMILES string of the molecule is C=N/C(=C\C=C/C)CCN1CCN(c2cc(P)c3c(c2)CN(Cc2ccc(C)cc2)C3=O)CC1. The molecule has 178 valence electrons. The Morgan fingerprint density at radius 1 is 1.15 bits per heavy atom. The first-order valence-electron chi connectivity index (χ1n) is 12.0. The molecule has 5 nitrogen and oxygen atoms in total. The fraction of sp³-hybridized carbons (Fsp3) is 0.357. The number of aliphatic imine (C=N–C) groups is 1. The van der Waals surface area contributed by atoms with Crippen LogP contribution in [-0.2, 0) is 13.1 Å². The lowest BCUT2D eigenvalue weighted by Gasteiger charge is -2.36. The number of anilines is 1. The first-order valence-corrected chi connectivity index (χ1v) is 12.6. The highest BCUT2D eigenvalue weighted by molar-refractivity contribution is 7.27. The molecule has 0 radical (unpaired) electrons. The Bertz CT molecular complexity index is 1100. The molecule has 0 spiro atoms. The molecule has 1 unspecified atom stereocenters. The van der Waals surface area contributed by atoms with Crippen LogP contribution in [0.25, 0.3) is 0 Å². The smallest absolute Gasteiger partial charge is 0.255 e. The molecule has 2 aliphatic heterocycles. The van der Waals surface area contributed by atoms with Crippen molar-refractivity contribution in [1.29, 1.82) is 0 Å². The molecule has 0 aliphatic carbocycles. The van der Waals surface area contributed by atoms with E-state index >= 15 is 0 Å². The zero-order valence-electron chi connectivity index (χ0n) is 20.3. The lowest BCUT2D eigenvalue weighted by molar-refractivity contribution is 0.0767. The third-order valence-electron chi connectivity index (χ3n) is 6.70. The number of aryl methyl sites for hydroxylation is 1. The van der Waals surface area contributed by atoms with E-state index in [1.165, 1.54) is 16.8 Å². The standard InChI is InChI=1S/C28H35N4OP/c1-4-5-6-24(29-3)11-12-30-13-15-31(16-14-30)25-17-23-20-32(28(33)27(23)26(34)18-25)19-22-9-7-21(2)8-10-22/h4-10,17-18H,3,11-16,19-20,34H2,1-2H3/b5-4-,24-6-. The molecule has 0 saturated carbocycles. The van der Waals surface area contributed by atoms with E-state index < -0.39 is 0 Å². The molecule has 1 saturated heterocycles. The maximum Gasteiger partial charge on any atom is 0.255 e. The molecule has 2 aliphatic rings. The third kappa shape index (κ3) is 5.65. The Morgan fingerprint density at radius 2 is 1.88 bits per heavy atom. The van der Waals surface area contributed by atoms with Gasteiger partial charge in [-0.1, -0.05) is 42.0 Å². The Kier molecular flexibility index (Phi) is 7.97. The Morgan fingerprint density at radius 3 is 2.56 bits per heavy atom. The fourth-order valence-corrected chi connectivity index (χ4v) is 5.16. The maximum absolute atomic E-state index is 13.1. The van der Waals surface area contributed by atoms with Crippen LogP contribution in [0.2, 0.25) is 0 Å². The van der Waals surface area contributed by atoms with Crippen LogP contribution in [0.15, 0.2) is 65.3 Å². The first-order chi connectivity index (χ1) is 16.5. The van der Waals surface area contributed by atoms with Gasteiger partial charge in [0.1, 0.15) is 0 Å². The largest absolute Gasteiger partial charge is 0.369 e. The summed E-state index contributed by atoms with van der Waals surface area (Å²) in [6.07, 6.45) is 6.98. The Balaban J connectivity index is 1.37. The molecule has 1 atom stereocenters. The molecule has 2 aromatic rings. The van der Waals surface area contributed by atoms with Crippen LogP contribution in [0.4, 0.5) is 5.69 Å². The quantitative estimate of drug-likeness (QED) is 0.325. The molecule has 0 bridgehead atoms. The van der Waals surface area contributed by atoms with Crippen molar-refractivity contribution in [3.8, 4) is 0 Å². The van der Waals surface area contributed by atoms with E-state index in [9.17, 15) is 4.79 Å². The second-order valence-corrected chi connectivity index (χ2v) is 9.76. The molecule has 1 amide bonds. The predicted molar refractivity (Wildman–Crippen MR) is 146 cm³/mol. The van der Waals surface area contributed by atoms with Gasteiger partial charge in [-0.15, -0.1) is 9.24 Å². The minimum Gasteiger partial charge on any atom is -0.369 e. The van der Waals surface area contributed by atoms with Gasteiger partial charge in [0.05, 0.1) is 5.56 Å². The summed E-state index contributed by atoms with van der Waals surface area (Å²) in [5.74, 6) is 0.134. The normalized spacial score (nSPS) is 17.0. The number of hydrogen-bond donors (Lipinski definition) is 0. The molecule has 4 rings (SSSR count). The zero-order chi connectivity index (χ0) is 24.1. The number of allylic oxidation sites excluding steroid dienone is 3. The first kappa shape index (κ1) is 24.4. The predicted octanol–water partition coefficient (Wildman–Crippen LogP) is 4.32. The third-order valence-corrected chi connectivity index (χ3v) is 7.15. The summed E-state index contributed by atoms with van der Waals surface area (Å²) in [4.78, 5) is 24.1. The zero-order valence-corrected chi connectivity index (χ0v) is 21.5. The van der Waals surface area contributed by atoms with E-state index in [-0.39, 0.29) is 5.91 Å². The van der Waals surface area contributed by atoms with Gasteiger partial charge in [0.2, 0.25) is 0 Å². The average molecular weight is 475 g/mol. The summed E-state index contributed by atoms with van der Waals surface area (Å²) in [5, 5.41) is 1.00. The average Bonchev–Trinajstić information content (AvgIpc) is 3.16. The molecular weight excluding hydrogens is 439 g/mol. The number of nitrogens with zero attached hydrogens (tertiary/aromatic N) is 4. The van der Waals surface area contributed by atoms with Crippen molar-refractivity contribution in [2.24, 2.45) is 4.99 Å². The van der Waals surface area contributed by atoms with Crippen molar-refractivity contribution in [1.82, 2.24) is 9.80 Å². The number of rotatable bonds is 8. The number of piperazine rings is 1. The van der Waals surface area contributed by atoms with Gasteiger partial charge < -0.3 is 9.80 Å². The van der Waals surface area contributed by atoms with E-state index in [0.717, 1.165) is 61.3 Å². The van der Waals surface area contributed by atoms with E-state index in [1.54, 1.807) is 0 Å². The molecule has 1 fully saturated rings. The van der Waals surface area contributed by atoms with Gasteiger partial charge in [0, 0.05) is 63.6 Å². The second-order valence-electron chi connectivity index (χ2n) is 9.14. The second kappa shape index (κ2) is 11.1. The minimum atomic E-state index is 0.134. The number of amides is 1. The molecule has 0 aromatic heterocycles. The van der Waals surface area contributed by atoms with Gasteiger partial charge >= 0.3 is 0 Å². The van der Waals surface area contributed by atoms with Crippen LogP contribution >= 0.6 is 9.24 Å². The summed E-state index contributed by atoms with van der Waals surface area (Å²) in [6, 6.07) is 12.8. The van der Waals surface area contributed by atoms with Crippen molar-refractivity contribution in [2.75, 3.05) is 37.6 Å². The minimum absolute atomic E-state index is 0.134. The van der Waals surface area contributed by atoms with Crippen LogP contribution in [0.5, 0.6) is 0 Å². The van der Waals surface area contributed by atoms with Gasteiger partial charge in [-0.2, -0.15) is 0 Å². The highest BCUT2D eigenvalue weighted by Gasteiger charge is 2.30. The van der Waals surface area contributed by atoms with Gasteiger partial charge in [-0.3, -0.25) is 14.7 Å². The van der Waals surface area contributed by atoms with Crippen molar-refractivity contribution in [3.63, 3.8) is 0 Å². The Labute approximate surface area is 206 Å². The van der Waals surface area contributed by atoms with E-state index in [1.807, 2.05) is 30.1 Å². The van der Waals surface area contributed by atoms with Crippen molar-refractivity contribution in [3.05, 3.63) is 82.6 Å². The van der Waals surface area contributed by atoms with E-state index in [0.29, 0.717) is 13.1 Å². The number of carbonyl (C=O) groups is 1. The molecule has 34 heavy (non-hydrogen) atoms. The summed E-state index contributed by atoms with van der Waals surface area (Å²) >= 11 is 0. The monoisotopic (exact) mass is 474 g/mol. The van der Waals surface area contributed by atoms with Crippen molar-refractivity contribution in [2.45, 2.75) is 33.4 Å². The van der Waals surface area contributed by atoms with Gasteiger partial charge in [-0.25, -0.2) is 0 Å². The van der Waals surface area contributed by atoms with E-state index in [2.05, 4.69) is 74.1 Å². The lowest BCUT2D eigenvalue weighted by Crippen LogP contribution is -2.46. The van der Waals surface area contributed by atoms with Gasteiger partial charge in [0.25, 0.3) is 5.91 Å². The summed E-state index contributed by atoms with van der Waals surface area (Å²) < 4.78 is 0. The van der Waals surface area contributed by atoms with Gasteiger partial charge in [-0.05, 0) is 55.2 Å². The molecule has 2 aromatic carbocycles. The Hall–Kier alpha value is -2.75. The topological polar surface area (TPSA) is 39.1 Å². The van der Waals surface area contributed by atoms with Gasteiger partial charge in [0.15, 0.2) is 0 Å². The molecular formula is C28H35N4OP. The number of hydrogen-bond acceptors (Lipinski definition) is 4. The van der Waals surface area contributed by atoms with Crippen LogP contribution in [0.3, 0.4) is 0 Å². The van der Waals surface area contributed by atoms with Crippen LogP contribution in [0, 0.1) is 6.92 Å². The summed E-state index contributed by atoms with van der Waals surface area (Å²) in [6.45, 7) is 14.1. The highest BCUT2D eigenvalue weighted by atomic mass is 31.0. The van der Waals surface area contributed by atoms with Crippen LogP contribution in [0.1, 0.15) is 40.4 Å². The lowest BCUT2D eigenvalue weighted by atomic mass is 10.1. The molecule has 6 heteroatoms. The number of benzene rings is 2. The molecule has 2 heterocycles. The summed E-state index contributed by atoms with van der Waals surface area (Å²) in [7, 11) is 2.80.